The van der Waals surface area contributed by atoms with Crippen LogP contribution >= 0.6 is 0 Å². The molecule has 2 atom stereocenters. The van der Waals surface area contributed by atoms with E-state index in [4.69, 9.17) is 4.74 Å². The fourth-order valence-electron chi connectivity index (χ4n) is 5.88. The van der Waals surface area contributed by atoms with Crippen LogP contribution in [0.2, 0.25) is 0 Å². The average molecular weight is 454 g/mol. The molecule has 1 amide bonds. The van der Waals surface area contributed by atoms with Gasteiger partial charge in [-0.25, -0.2) is 0 Å². The van der Waals surface area contributed by atoms with Crippen molar-refractivity contribution >= 4 is 11.5 Å². The summed E-state index contributed by atoms with van der Waals surface area (Å²) in [6.07, 6.45) is 6.59. The lowest BCUT2D eigenvalue weighted by Gasteiger charge is -2.31. The zero-order valence-corrected chi connectivity index (χ0v) is 19.9. The van der Waals surface area contributed by atoms with Crippen LogP contribution in [0, 0.1) is 0 Å². The van der Waals surface area contributed by atoms with Crippen LogP contribution < -0.4 is 10.1 Å². The van der Waals surface area contributed by atoms with Crippen molar-refractivity contribution < 1.29 is 9.53 Å². The minimum absolute atomic E-state index is 0.0541. The lowest BCUT2D eigenvalue weighted by molar-refractivity contribution is 0.0772. The Morgan fingerprint density at radius 3 is 2.47 bits per heavy atom. The number of rotatable bonds is 4. The summed E-state index contributed by atoms with van der Waals surface area (Å²) in [5.41, 5.74) is 7.99. The van der Waals surface area contributed by atoms with Crippen LogP contribution in [0.3, 0.4) is 0 Å². The molecule has 3 aromatic rings. The second kappa shape index (κ2) is 8.48. The second-order valence-electron chi connectivity index (χ2n) is 9.61. The van der Waals surface area contributed by atoms with Gasteiger partial charge in [-0.2, -0.15) is 0 Å². The van der Waals surface area contributed by atoms with E-state index in [0.29, 0.717) is 30.7 Å². The number of aromatic nitrogens is 1. The van der Waals surface area contributed by atoms with E-state index in [1.54, 1.807) is 0 Å². The summed E-state index contributed by atoms with van der Waals surface area (Å²) >= 11 is 0. The molecule has 0 aliphatic carbocycles. The first-order valence-corrected chi connectivity index (χ1v) is 12.5. The molecule has 2 unspecified atom stereocenters. The number of piperidine rings is 1. The molecule has 2 fully saturated rings. The number of carbonyl (C=O) groups is 1. The zero-order valence-electron chi connectivity index (χ0n) is 19.9. The normalized spacial score (nSPS) is 20.5. The van der Waals surface area contributed by atoms with E-state index in [-0.39, 0.29) is 5.91 Å². The van der Waals surface area contributed by atoms with Crippen LogP contribution in [0.1, 0.15) is 61.0 Å². The quantitative estimate of drug-likeness (QED) is 0.399. The number of carbonyl (C=O) groups excluding carboxylic acids is 1. The predicted octanol–water partition coefficient (Wildman–Crippen LogP) is 5.99. The molecular formula is C29H31N3O2. The summed E-state index contributed by atoms with van der Waals surface area (Å²) in [6, 6.07) is 17.7. The predicted molar refractivity (Wildman–Crippen MR) is 135 cm³/mol. The Hall–Kier alpha value is -3.31. The van der Waals surface area contributed by atoms with Gasteiger partial charge < -0.3 is 19.9 Å². The smallest absolute Gasteiger partial charge is 0.253 e. The first kappa shape index (κ1) is 21.2. The number of benzene rings is 2. The topological polar surface area (TPSA) is 57.4 Å². The van der Waals surface area contributed by atoms with Gasteiger partial charge in [-0.1, -0.05) is 5.57 Å². The second-order valence-corrected chi connectivity index (χ2v) is 9.61. The highest BCUT2D eigenvalue weighted by Gasteiger charge is 2.34. The van der Waals surface area contributed by atoms with Gasteiger partial charge in [0.25, 0.3) is 5.91 Å². The van der Waals surface area contributed by atoms with Crippen molar-refractivity contribution in [3.05, 3.63) is 77.0 Å². The van der Waals surface area contributed by atoms with Gasteiger partial charge in [-0.15, -0.1) is 0 Å². The lowest BCUT2D eigenvalue weighted by Crippen LogP contribution is -2.35. The molecule has 1 aromatic heterocycles. The number of hydrogen-bond donors (Lipinski definition) is 2. The van der Waals surface area contributed by atoms with Crippen molar-refractivity contribution in [1.29, 1.82) is 0 Å². The standard InChI is InChI=1S/C29H31N3O2/c1-3-32(4-2)29(33)19-7-11-23-27(17-19)34-26-12-8-18(25-6-5-13-30-25)16-24(26)28(23)20-14-21-9-10-22(15-20)31-21/h5-8,11-13,16-17,21-22,30-31H,3-4,9-10,14-15H2,1-2H3. The molecule has 3 aliphatic heterocycles. The minimum Gasteiger partial charge on any atom is -0.456 e. The summed E-state index contributed by atoms with van der Waals surface area (Å²) in [5, 5.41) is 3.77. The monoisotopic (exact) mass is 453 g/mol. The van der Waals surface area contributed by atoms with Gasteiger partial charge in [-0.3, -0.25) is 4.79 Å². The number of nitrogens with zero attached hydrogens (tertiary/aromatic N) is 1. The number of H-pyrrole nitrogens is 1. The molecule has 3 aliphatic rings. The SMILES string of the molecule is CCN(CC)C(=O)c1ccc2c(c1)Oc1ccc(-c3ccc[nH]3)cc1C2=C1CC2CCC(C1)N2. The summed E-state index contributed by atoms with van der Waals surface area (Å²) in [5.74, 6) is 1.70. The van der Waals surface area contributed by atoms with E-state index < -0.39 is 0 Å². The first-order valence-electron chi connectivity index (χ1n) is 12.5. The number of fused-ring (bicyclic) bond motifs is 4. The van der Waals surface area contributed by atoms with E-state index in [1.165, 1.54) is 24.0 Å². The van der Waals surface area contributed by atoms with Gasteiger partial charge in [0, 0.05) is 53.8 Å². The van der Waals surface area contributed by atoms with Crippen LogP contribution in [0.4, 0.5) is 0 Å². The third-order valence-electron chi connectivity index (χ3n) is 7.60. The summed E-state index contributed by atoms with van der Waals surface area (Å²) in [4.78, 5) is 18.2. The molecule has 2 N–H and O–H groups in total. The maximum atomic E-state index is 13.0. The Bertz CT molecular complexity index is 1260. The number of hydrogen-bond acceptors (Lipinski definition) is 3. The van der Waals surface area contributed by atoms with Crippen molar-refractivity contribution in [2.24, 2.45) is 0 Å². The average Bonchev–Trinajstić information content (AvgIpc) is 3.52. The summed E-state index contributed by atoms with van der Waals surface area (Å²) in [7, 11) is 0. The van der Waals surface area contributed by atoms with Crippen LogP contribution in [0.5, 0.6) is 11.5 Å². The Morgan fingerprint density at radius 1 is 0.971 bits per heavy atom. The van der Waals surface area contributed by atoms with Crippen molar-refractivity contribution in [2.45, 2.75) is 51.6 Å². The Kier molecular flexibility index (Phi) is 5.30. The molecule has 174 valence electrons. The number of aromatic amines is 1. The molecule has 5 heteroatoms. The fourth-order valence-corrected chi connectivity index (χ4v) is 5.88. The van der Waals surface area contributed by atoms with Crippen molar-refractivity contribution in [3.8, 4) is 22.8 Å². The first-order chi connectivity index (χ1) is 16.6. The van der Waals surface area contributed by atoms with E-state index in [1.807, 2.05) is 43.1 Å². The van der Waals surface area contributed by atoms with Gasteiger partial charge in [0.15, 0.2) is 0 Å². The Labute approximate surface area is 200 Å². The molecule has 5 nitrogen and oxygen atoms in total. The van der Waals surface area contributed by atoms with Crippen molar-refractivity contribution in [2.75, 3.05) is 13.1 Å². The zero-order chi connectivity index (χ0) is 23.2. The Balaban J connectivity index is 1.49. The van der Waals surface area contributed by atoms with E-state index in [9.17, 15) is 4.79 Å². The largest absolute Gasteiger partial charge is 0.456 e. The fraction of sp³-hybridized carbons (Fsp3) is 0.345. The highest BCUT2D eigenvalue weighted by atomic mass is 16.5. The van der Waals surface area contributed by atoms with Gasteiger partial charge in [0.05, 0.1) is 0 Å². The highest BCUT2D eigenvalue weighted by molar-refractivity contribution is 5.97. The summed E-state index contributed by atoms with van der Waals surface area (Å²) in [6.45, 7) is 5.43. The number of nitrogens with one attached hydrogen (secondary N) is 2. The maximum Gasteiger partial charge on any atom is 0.253 e. The Morgan fingerprint density at radius 2 is 1.76 bits per heavy atom. The molecule has 0 radical (unpaired) electrons. The molecule has 6 rings (SSSR count). The molecule has 34 heavy (non-hydrogen) atoms. The third kappa shape index (κ3) is 3.55. The van der Waals surface area contributed by atoms with Gasteiger partial charge >= 0.3 is 0 Å². The van der Waals surface area contributed by atoms with Gasteiger partial charge in [0.1, 0.15) is 11.5 Å². The van der Waals surface area contributed by atoms with Gasteiger partial charge in [0.2, 0.25) is 0 Å². The van der Waals surface area contributed by atoms with E-state index in [2.05, 4.69) is 40.6 Å². The van der Waals surface area contributed by atoms with Crippen molar-refractivity contribution in [1.82, 2.24) is 15.2 Å². The maximum absolute atomic E-state index is 13.0. The molecule has 0 saturated carbocycles. The molecule has 2 saturated heterocycles. The summed E-state index contributed by atoms with van der Waals surface area (Å²) < 4.78 is 6.45. The molecule has 0 spiro atoms. The lowest BCUT2D eigenvalue weighted by atomic mass is 9.83. The minimum atomic E-state index is 0.0541. The van der Waals surface area contributed by atoms with Crippen LogP contribution in [-0.4, -0.2) is 41.0 Å². The van der Waals surface area contributed by atoms with Gasteiger partial charge in [-0.05, 0) is 99.2 Å². The third-order valence-corrected chi connectivity index (χ3v) is 7.60. The van der Waals surface area contributed by atoms with Crippen LogP contribution in [0.15, 0.2) is 60.3 Å². The molecule has 2 aromatic carbocycles. The van der Waals surface area contributed by atoms with Crippen molar-refractivity contribution in [3.63, 3.8) is 0 Å². The van der Waals surface area contributed by atoms with Crippen LogP contribution in [0.25, 0.3) is 16.8 Å². The van der Waals surface area contributed by atoms with E-state index >= 15 is 0 Å². The number of ether oxygens (including phenoxy) is 1. The van der Waals surface area contributed by atoms with Crippen LogP contribution in [-0.2, 0) is 0 Å². The molecule has 2 bridgehead atoms. The molecule has 4 heterocycles. The molecular weight excluding hydrogens is 422 g/mol. The number of amides is 1. The highest BCUT2D eigenvalue weighted by Crippen LogP contribution is 2.49. The van der Waals surface area contributed by atoms with E-state index in [0.717, 1.165) is 46.7 Å².